The van der Waals surface area contributed by atoms with Gasteiger partial charge in [0.2, 0.25) is 5.75 Å². The highest BCUT2D eigenvalue weighted by molar-refractivity contribution is 5.65. The molecule has 11 heteroatoms. The van der Waals surface area contributed by atoms with Gasteiger partial charge in [-0.1, -0.05) is 18.2 Å². The fraction of sp³-hybridized carbons (Fsp3) is 0.182. The van der Waals surface area contributed by atoms with Crippen LogP contribution in [0.4, 0.5) is 39.5 Å². The molecule has 0 unspecified atom stereocenters. The van der Waals surface area contributed by atoms with Crippen molar-refractivity contribution >= 4 is 0 Å². The van der Waals surface area contributed by atoms with Crippen molar-refractivity contribution in [3.05, 3.63) is 82.4 Å². The molecule has 2 nitrogen and oxygen atoms in total. The molecule has 0 aliphatic rings. The van der Waals surface area contributed by atoms with E-state index < -0.39 is 52.8 Å². The molecule has 176 valence electrons. The molecule has 0 fully saturated rings. The van der Waals surface area contributed by atoms with Crippen molar-refractivity contribution in [3.8, 4) is 22.6 Å². The second-order valence-electron chi connectivity index (χ2n) is 7.00. The standard InChI is InChI=1S/C22H13F9O2/c1-10-3-4-12(5-11(10)2)13-6-15(23)19(16(24)7-13)21(27,28)32-14-8-17(25)20(18(26)9-14)33-22(29,30)31/h3-9H,1-2H3. The Balaban J connectivity index is 1.95. The van der Waals surface area contributed by atoms with Gasteiger partial charge in [-0.2, -0.15) is 8.78 Å². The van der Waals surface area contributed by atoms with Gasteiger partial charge in [0, 0.05) is 12.1 Å². The fourth-order valence-corrected chi connectivity index (χ4v) is 2.95. The van der Waals surface area contributed by atoms with Crippen molar-refractivity contribution in [3.63, 3.8) is 0 Å². The number of ether oxygens (including phenoxy) is 2. The van der Waals surface area contributed by atoms with Crippen LogP contribution >= 0.6 is 0 Å². The highest BCUT2D eigenvalue weighted by Gasteiger charge is 2.42. The first kappa shape index (κ1) is 24.3. The van der Waals surface area contributed by atoms with Crippen LogP contribution in [0.15, 0.2) is 42.5 Å². The molecule has 0 saturated carbocycles. The Bertz CT molecular complexity index is 1160. The van der Waals surface area contributed by atoms with E-state index in [1.165, 1.54) is 6.07 Å². The first-order chi connectivity index (χ1) is 15.2. The second kappa shape index (κ2) is 8.53. The van der Waals surface area contributed by atoms with Gasteiger partial charge >= 0.3 is 12.5 Å². The molecular formula is C22H13F9O2. The van der Waals surface area contributed by atoms with E-state index in [2.05, 4.69) is 9.47 Å². The van der Waals surface area contributed by atoms with Crippen LogP contribution in [-0.4, -0.2) is 6.36 Å². The van der Waals surface area contributed by atoms with Crippen molar-refractivity contribution in [2.75, 3.05) is 0 Å². The monoisotopic (exact) mass is 480 g/mol. The zero-order chi connectivity index (χ0) is 24.7. The summed E-state index contributed by atoms with van der Waals surface area (Å²) in [5, 5.41) is 0. The first-order valence-electron chi connectivity index (χ1n) is 9.06. The molecule has 0 aliphatic carbocycles. The van der Waals surface area contributed by atoms with E-state index in [4.69, 9.17) is 0 Å². The quantitative estimate of drug-likeness (QED) is 0.351. The van der Waals surface area contributed by atoms with E-state index in [0.29, 0.717) is 17.7 Å². The lowest BCUT2D eigenvalue weighted by atomic mass is 9.99. The maximum atomic E-state index is 14.5. The molecule has 0 bridgehead atoms. The predicted octanol–water partition coefficient (Wildman–Crippen LogP) is 7.55. The van der Waals surface area contributed by atoms with E-state index in [1.807, 2.05) is 0 Å². The Kier molecular flexibility index (Phi) is 6.27. The molecule has 0 aromatic heterocycles. The minimum atomic E-state index is -5.46. The van der Waals surface area contributed by atoms with Gasteiger partial charge in [0.25, 0.3) is 0 Å². The van der Waals surface area contributed by atoms with Gasteiger partial charge in [0.1, 0.15) is 22.9 Å². The molecule has 0 amide bonds. The van der Waals surface area contributed by atoms with E-state index in [0.717, 1.165) is 11.1 Å². The molecule has 33 heavy (non-hydrogen) atoms. The van der Waals surface area contributed by atoms with Gasteiger partial charge in [-0.05, 0) is 48.2 Å². The van der Waals surface area contributed by atoms with Crippen molar-refractivity contribution in [1.29, 1.82) is 0 Å². The average molecular weight is 480 g/mol. The number of rotatable bonds is 5. The van der Waals surface area contributed by atoms with Crippen LogP contribution in [0.2, 0.25) is 0 Å². The van der Waals surface area contributed by atoms with E-state index in [1.54, 1.807) is 26.0 Å². The van der Waals surface area contributed by atoms with Crippen molar-refractivity contribution < 1.29 is 49.0 Å². The maximum absolute atomic E-state index is 14.5. The Labute approximate surface area is 181 Å². The van der Waals surface area contributed by atoms with Gasteiger partial charge in [0.05, 0.1) is 0 Å². The Morgan fingerprint density at radius 3 is 1.64 bits per heavy atom. The lowest BCUT2D eigenvalue weighted by molar-refractivity contribution is -0.276. The number of hydrogen-bond acceptors (Lipinski definition) is 2. The molecular weight excluding hydrogens is 467 g/mol. The number of benzene rings is 3. The summed E-state index contributed by atoms with van der Waals surface area (Å²) in [6.07, 6.45) is -10.2. The van der Waals surface area contributed by atoms with Gasteiger partial charge in [0.15, 0.2) is 11.6 Å². The Morgan fingerprint density at radius 1 is 0.606 bits per heavy atom. The minimum absolute atomic E-state index is 0.0443. The molecule has 3 aromatic rings. The molecule has 0 N–H and O–H groups in total. The number of aryl methyl sites for hydroxylation is 2. The molecule has 0 aliphatic heterocycles. The van der Waals surface area contributed by atoms with Crippen molar-refractivity contribution in [2.24, 2.45) is 0 Å². The Morgan fingerprint density at radius 2 is 1.15 bits per heavy atom. The SMILES string of the molecule is Cc1ccc(-c2cc(F)c(C(F)(F)Oc3cc(F)c(OC(F)(F)F)c(F)c3)c(F)c2)cc1C. The first-order valence-corrected chi connectivity index (χ1v) is 9.06. The van der Waals surface area contributed by atoms with Crippen molar-refractivity contribution in [2.45, 2.75) is 26.3 Å². The van der Waals surface area contributed by atoms with Gasteiger partial charge in [-0.15, -0.1) is 13.2 Å². The van der Waals surface area contributed by atoms with Crippen molar-refractivity contribution in [1.82, 2.24) is 0 Å². The molecule has 0 heterocycles. The van der Waals surface area contributed by atoms with E-state index in [9.17, 15) is 39.5 Å². The lowest BCUT2D eigenvalue weighted by Gasteiger charge is -2.20. The molecule has 0 saturated heterocycles. The van der Waals surface area contributed by atoms with Crippen LogP contribution < -0.4 is 9.47 Å². The molecule has 0 radical (unpaired) electrons. The average Bonchev–Trinajstić information content (AvgIpc) is 2.65. The largest absolute Gasteiger partial charge is 0.573 e. The van der Waals surface area contributed by atoms with Crippen LogP contribution in [0.5, 0.6) is 11.5 Å². The molecule has 3 aromatic carbocycles. The molecule has 0 atom stereocenters. The summed E-state index contributed by atoms with van der Waals surface area (Å²) in [5.74, 6) is -10.7. The second-order valence-corrected chi connectivity index (χ2v) is 7.00. The zero-order valence-electron chi connectivity index (χ0n) is 16.8. The number of hydrogen-bond donors (Lipinski definition) is 0. The van der Waals surface area contributed by atoms with Crippen LogP contribution in [0, 0.1) is 37.1 Å². The van der Waals surface area contributed by atoms with Crippen LogP contribution in [0.1, 0.15) is 16.7 Å². The zero-order valence-corrected chi connectivity index (χ0v) is 16.8. The third-order valence-corrected chi connectivity index (χ3v) is 4.61. The maximum Gasteiger partial charge on any atom is 0.573 e. The Hall–Kier alpha value is -3.37. The number of alkyl halides is 5. The highest BCUT2D eigenvalue weighted by Crippen LogP contribution is 2.39. The van der Waals surface area contributed by atoms with Gasteiger partial charge in [-0.3, -0.25) is 0 Å². The smallest absolute Gasteiger partial charge is 0.429 e. The van der Waals surface area contributed by atoms with Crippen LogP contribution in [0.3, 0.4) is 0 Å². The van der Waals surface area contributed by atoms with Crippen LogP contribution in [-0.2, 0) is 6.11 Å². The lowest BCUT2D eigenvalue weighted by Crippen LogP contribution is -2.25. The summed E-state index contributed by atoms with van der Waals surface area (Å²) in [4.78, 5) is 0. The fourth-order valence-electron chi connectivity index (χ4n) is 2.95. The topological polar surface area (TPSA) is 18.5 Å². The van der Waals surface area contributed by atoms with Crippen LogP contribution in [0.25, 0.3) is 11.1 Å². The number of halogens is 9. The normalized spacial score (nSPS) is 12.1. The van der Waals surface area contributed by atoms with Gasteiger partial charge < -0.3 is 9.47 Å². The third-order valence-electron chi connectivity index (χ3n) is 4.61. The minimum Gasteiger partial charge on any atom is -0.429 e. The predicted molar refractivity (Wildman–Crippen MR) is 98.8 cm³/mol. The third kappa shape index (κ3) is 5.35. The summed E-state index contributed by atoms with van der Waals surface area (Å²) in [7, 11) is 0. The summed E-state index contributed by atoms with van der Waals surface area (Å²) in [6.45, 7) is 3.54. The highest BCUT2D eigenvalue weighted by atomic mass is 19.4. The summed E-state index contributed by atoms with van der Waals surface area (Å²) < 4.78 is 129. The summed E-state index contributed by atoms with van der Waals surface area (Å²) in [6, 6.07) is 5.95. The van der Waals surface area contributed by atoms with E-state index >= 15 is 0 Å². The molecule has 3 rings (SSSR count). The summed E-state index contributed by atoms with van der Waals surface area (Å²) >= 11 is 0. The van der Waals surface area contributed by atoms with Gasteiger partial charge in [-0.25, -0.2) is 17.6 Å². The summed E-state index contributed by atoms with van der Waals surface area (Å²) in [5.41, 5.74) is 0.108. The molecule has 0 spiro atoms. The van der Waals surface area contributed by atoms with E-state index in [-0.39, 0.29) is 17.7 Å².